The summed E-state index contributed by atoms with van der Waals surface area (Å²) >= 11 is 1.60. The quantitative estimate of drug-likeness (QED) is 0.291. The topological polar surface area (TPSA) is 93.3 Å². The van der Waals surface area contributed by atoms with Crippen LogP contribution in [0.1, 0.15) is 12.5 Å². The largest absolute Gasteiger partial charge is 0.269 e. The van der Waals surface area contributed by atoms with Crippen LogP contribution in [0.15, 0.2) is 72.1 Å². The van der Waals surface area contributed by atoms with Gasteiger partial charge in [-0.2, -0.15) is 5.10 Å². The van der Waals surface area contributed by atoms with Crippen LogP contribution in [0.5, 0.6) is 0 Å². The van der Waals surface area contributed by atoms with Crippen molar-refractivity contribution in [3.05, 3.63) is 82.7 Å². The van der Waals surface area contributed by atoms with Gasteiger partial charge in [-0.15, -0.1) is 11.3 Å². The Morgan fingerprint density at radius 1 is 1.11 bits per heavy atom. The van der Waals surface area contributed by atoms with Crippen LogP contribution in [0.3, 0.4) is 0 Å². The van der Waals surface area contributed by atoms with Crippen molar-refractivity contribution in [1.29, 1.82) is 0 Å². The van der Waals surface area contributed by atoms with Gasteiger partial charge in [0.1, 0.15) is 11.2 Å². The van der Waals surface area contributed by atoms with Crippen LogP contribution in [0.2, 0.25) is 0 Å². The number of aromatic nitrogens is 2. The molecule has 4 rings (SSSR count). The number of hydrogen-bond acceptors (Lipinski definition) is 7. The van der Waals surface area contributed by atoms with Crippen LogP contribution in [0, 0.1) is 10.1 Å². The van der Waals surface area contributed by atoms with E-state index in [-0.39, 0.29) is 5.69 Å². The van der Waals surface area contributed by atoms with E-state index < -0.39 is 4.92 Å². The molecule has 2 heterocycles. The molecule has 138 valence electrons. The van der Waals surface area contributed by atoms with Crippen molar-refractivity contribution in [2.75, 3.05) is 5.43 Å². The Hall–Kier alpha value is -3.65. The van der Waals surface area contributed by atoms with Gasteiger partial charge in [-0.1, -0.05) is 30.3 Å². The highest BCUT2D eigenvalue weighted by Crippen LogP contribution is 2.34. The minimum Gasteiger partial charge on any atom is -0.260 e. The van der Waals surface area contributed by atoms with E-state index in [1.807, 2.05) is 31.2 Å². The molecule has 7 nitrogen and oxygen atoms in total. The molecule has 2 aromatic heterocycles. The van der Waals surface area contributed by atoms with Crippen LogP contribution in [0.4, 0.5) is 11.5 Å². The van der Waals surface area contributed by atoms with Gasteiger partial charge in [0.15, 0.2) is 5.82 Å². The molecule has 2 aromatic carbocycles. The molecule has 4 aromatic rings. The zero-order valence-corrected chi connectivity index (χ0v) is 15.7. The zero-order chi connectivity index (χ0) is 19.5. The maximum atomic E-state index is 10.8. The van der Waals surface area contributed by atoms with Crippen molar-refractivity contribution in [1.82, 2.24) is 9.97 Å². The highest BCUT2D eigenvalue weighted by Gasteiger charge is 2.10. The molecule has 8 heteroatoms. The molecule has 0 amide bonds. The lowest BCUT2D eigenvalue weighted by molar-refractivity contribution is -0.384. The third-order valence-electron chi connectivity index (χ3n) is 4.21. The first-order chi connectivity index (χ1) is 13.6. The van der Waals surface area contributed by atoms with Gasteiger partial charge in [0.25, 0.3) is 5.69 Å². The summed E-state index contributed by atoms with van der Waals surface area (Å²) in [6.45, 7) is 1.83. The molecule has 28 heavy (non-hydrogen) atoms. The van der Waals surface area contributed by atoms with E-state index in [4.69, 9.17) is 0 Å². The molecule has 0 unspecified atom stereocenters. The Labute approximate surface area is 164 Å². The lowest BCUT2D eigenvalue weighted by Gasteiger charge is -2.04. The molecule has 0 fully saturated rings. The van der Waals surface area contributed by atoms with Gasteiger partial charge >= 0.3 is 0 Å². The van der Waals surface area contributed by atoms with E-state index in [2.05, 4.69) is 32.6 Å². The first-order valence-corrected chi connectivity index (χ1v) is 9.28. The highest BCUT2D eigenvalue weighted by molar-refractivity contribution is 7.21. The second kappa shape index (κ2) is 7.53. The van der Waals surface area contributed by atoms with Gasteiger partial charge in [-0.25, -0.2) is 9.97 Å². The number of hydrogen-bond donors (Lipinski definition) is 1. The summed E-state index contributed by atoms with van der Waals surface area (Å²) in [5.41, 5.74) is 5.66. The number of nitro benzene ring substituents is 1. The summed E-state index contributed by atoms with van der Waals surface area (Å²) in [6.07, 6.45) is 1.51. The smallest absolute Gasteiger partial charge is 0.260 e. The van der Waals surface area contributed by atoms with Crippen LogP contribution < -0.4 is 5.43 Å². The number of rotatable bonds is 5. The van der Waals surface area contributed by atoms with Gasteiger partial charge in [-0.3, -0.25) is 15.5 Å². The lowest BCUT2D eigenvalue weighted by Crippen LogP contribution is -2.01. The molecule has 0 aliphatic heterocycles. The highest BCUT2D eigenvalue weighted by atomic mass is 32.1. The fraction of sp³-hybridized carbons (Fsp3) is 0.0500. The van der Waals surface area contributed by atoms with Crippen molar-refractivity contribution in [2.45, 2.75) is 6.92 Å². The maximum Gasteiger partial charge on any atom is 0.269 e. The first kappa shape index (κ1) is 17.7. The predicted molar refractivity (Wildman–Crippen MR) is 112 cm³/mol. The van der Waals surface area contributed by atoms with Gasteiger partial charge in [0, 0.05) is 17.0 Å². The van der Waals surface area contributed by atoms with E-state index >= 15 is 0 Å². The minimum absolute atomic E-state index is 0.0498. The fourth-order valence-corrected chi connectivity index (χ4v) is 3.72. The number of nitrogens with zero attached hydrogens (tertiary/aromatic N) is 4. The summed E-state index contributed by atoms with van der Waals surface area (Å²) in [5, 5.41) is 16.0. The van der Waals surface area contributed by atoms with Crippen LogP contribution in [-0.2, 0) is 0 Å². The molecule has 0 radical (unpaired) electrons. The van der Waals surface area contributed by atoms with Crippen LogP contribution in [0.25, 0.3) is 20.7 Å². The number of nitrogens with one attached hydrogen (secondary N) is 1. The lowest BCUT2D eigenvalue weighted by atomic mass is 10.1. The second-order valence-electron chi connectivity index (χ2n) is 6.03. The third kappa shape index (κ3) is 3.58. The van der Waals surface area contributed by atoms with E-state index in [1.165, 1.54) is 18.5 Å². The fourth-order valence-electron chi connectivity index (χ4n) is 2.72. The number of non-ortho nitro benzene ring substituents is 1. The standard InChI is InChI=1S/C20H15N5O2S/c1-13(14-7-9-16(10-8-14)25(26)27)23-24-19-17-11-18(15-5-3-2-4-6-15)28-20(17)22-12-21-19/h2-12H,1H3,(H,21,22,24)/b23-13-. The van der Waals surface area contributed by atoms with Crippen LogP contribution >= 0.6 is 11.3 Å². The van der Waals surface area contributed by atoms with Crippen molar-refractivity contribution < 1.29 is 4.92 Å². The van der Waals surface area contributed by atoms with Crippen molar-refractivity contribution >= 4 is 38.8 Å². The third-order valence-corrected chi connectivity index (χ3v) is 5.31. The number of nitro groups is 1. The molecule has 0 atom stereocenters. The van der Waals surface area contributed by atoms with Gasteiger partial charge in [-0.05, 0) is 36.2 Å². The number of fused-ring (bicyclic) bond motifs is 1. The summed E-state index contributed by atoms with van der Waals surface area (Å²) in [4.78, 5) is 21.0. The molecule has 0 spiro atoms. The van der Waals surface area contributed by atoms with Crippen molar-refractivity contribution in [3.8, 4) is 10.4 Å². The van der Waals surface area contributed by atoms with E-state index in [1.54, 1.807) is 23.5 Å². The van der Waals surface area contributed by atoms with E-state index in [0.717, 1.165) is 26.2 Å². The average molecular weight is 389 g/mol. The number of anilines is 1. The van der Waals surface area contributed by atoms with Gasteiger partial charge in [0.2, 0.25) is 0 Å². The molecule has 1 N–H and O–H groups in total. The predicted octanol–water partition coefficient (Wildman–Crippen LogP) is 5.10. The number of thiophene rings is 1. The van der Waals surface area contributed by atoms with Gasteiger partial charge < -0.3 is 0 Å². The summed E-state index contributed by atoms with van der Waals surface area (Å²) in [5.74, 6) is 0.615. The Bertz CT molecular complexity index is 1170. The monoisotopic (exact) mass is 389 g/mol. The molecule has 0 aliphatic carbocycles. The first-order valence-electron chi connectivity index (χ1n) is 8.47. The van der Waals surface area contributed by atoms with Gasteiger partial charge in [0.05, 0.1) is 16.0 Å². The normalized spacial score (nSPS) is 11.5. The Kier molecular flexibility index (Phi) is 4.77. The summed E-state index contributed by atoms with van der Waals surface area (Å²) in [7, 11) is 0. The molecule has 0 aliphatic rings. The Morgan fingerprint density at radius 3 is 2.57 bits per heavy atom. The number of benzene rings is 2. The van der Waals surface area contributed by atoms with E-state index in [9.17, 15) is 10.1 Å². The molecular weight excluding hydrogens is 374 g/mol. The summed E-state index contributed by atoms with van der Waals surface area (Å²) in [6, 6.07) is 18.4. The van der Waals surface area contributed by atoms with Crippen molar-refractivity contribution in [3.63, 3.8) is 0 Å². The molecular formula is C20H15N5O2S. The minimum atomic E-state index is -0.424. The molecule has 0 saturated heterocycles. The SMILES string of the molecule is C/C(=N/Nc1ncnc2sc(-c3ccccc3)cc12)c1ccc([N+](=O)[O-])cc1. The van der Waals surface area contributed by atoms with E-state index in [0.29, 0.717) is 11.5 Å². The summed E-state index contributed by atoms with van der Waals surface area (Å²) < 4.78 is 0. The average Bonchev–Trinajstić information content (AvgIpc) is 3.17. The second-order valence-corrected chi connectivity index (χ2v) is 7.06. The Morgan fingerprint density at radius 2 is 1.86 bits per heavy atom. The molecule has 0 bridgehead atoms. The zero-order valence-electron chi connectivity index (χ0n) is 14.9. The molecule has 0 saturated carbocycles. The number of hydrazone groups is 1. The van der Waals surface area contributed by atoms with Crippen molar-refractivity contribution in [2.24, 2.45) is 5.10 Å². The van der Waals surface area contributed by atoms with Crippen LogP contribution in [-0.4, -0.2) is 20.6 Å². The maximum absolute atomic E-state index is 10.8. The Balaban J connectivity index is 1.61.